The molecule has 0 heterocycles. The summed E-state index contributed by atoms with van der Waals surface area (Å²) < 4.78 is 55.3. The zero-order chi connectivity index (χ0) is 16.8. The zero-order valence-electron chi connectivity index (χ0n) is 12.9. The molecule has 0 aliphatic rings. The van der Waals surface area contributed by atoms with Gasteiger partial charge in [-0.1, -0.05) is 37.3 Å². The lowest BCUT2D eigenvalue weighted by molar-refractivity contribution is 0.149. The van der Waals surface area contributed by atoms with Gasteiger partial charge in [-0.25, -0.2) is 0 Å². The van der Waals surface area contributed by atoms with E-state index in [0.717, 1.165) is 18.1 Å². The van der Waals surface area contributed by atoms with E-state index in [4.69, 9.17) is 8.37 Å². The van der Waals surface area contributed by atoms with Crippen LogP contribution in [0.3, 0.4) is 0 Å². The van der Waals surface area contributed by atoms with Gasteiger partial charge in [0, 0.05) is 0 Å². The third kappa shape index (κ3) is 7.88. The average molecular weight is 350 g/mol. The Morgan fingerprint density at radius 2 is 1.45 bits per heavy atom. The second kappa shape index (κ2) is 8.05. The van der Waals surface area contributed by atoms with E-state index in [0.29, 0.717) is 19.3 Å². The van der Waals surface area contributed by atoms with Crippen LogP contribution in [0.2, 0.25) is 0 Å². The molecule has 6 nitrogen and oxygen atoms in total. The molecule has 0 radical (unpaired) electrons. The van der Waals surface area contributed by atoms with Gasteiger partial charge in [0.25, 0.3) is 20.2 Å². The van der Waals surface area contributed by atoms with E-state index in [2.05, 4.69) is 0 Å². The van der Waals surface area contributed by atoms with Crippen molar-refractivity contribution >= 4 is 20.2 Å². The summed E-state index contributed by atoms with van der Waals surface area (Å²) in [5.74, 6) is 0. The quantitative estimate of drug-likeness (QED) is 0.635. The summed E-state index contributed by atoms with van der Waals surface area (Å²) >= 11 is 0. The molecule has 0 saturated heterocycles. The fourth-order valence-corrected chi connectivity index (χ4v) is 3.41. The maximum atomic E-state index is 11.4. The molecule has 0 amide bonds. The van der Waals surface area contributed by atoms with Gasteiger partial charge < -0.3 is 0 Å². The lowest BCUT2D eigenvalue weighted by atomic mass is 10.0. The van der Waals surface area contributed by atoms with Crippen LogP contribution in [0.1, 0.15) is 37.9 Å². The number of rotatable bonds is 9. The third-order valence-electron chi connectivity index (χ3n) is 2.98. The van der Waals surface area contributed by atoms with Crippen LogP contribution < -0.4 is 0 Å². The predicted octanol–water partition coefficient (Wildman–Crippen LogP) is 2.24. The van der Waals surface area contributed by atoms with Gasteiger partial charge >= 0.3 is 0 Å². The second-order valence-corrected chi connectivity index (χ2v) is 8.31. The van der Waals surface area contributed by atoms with Gasteiger partial charge in [0.2, 0.25) is 0 Å². The monoisotopic (exact) mass is 350 g/mol. The highest BCUT2D eigenvalue weighted by molar-refractivity contribution is 7.86. The number of hydrogen-bond acceptors (Lipinski definition) is 6. The van der Waals surface area contributed by atoms with Crippen LogP contribution in [-0.2, 0) is 28.6 Å². The fourth-order valence-electron chi connectivity index (χ4n) is 2.05. The van der Waals surface area contributed by atoms with Crippen molar-refractivity contribution in [3.05, 3.63) is 35.9 Å². The molecule has 0 aliphatic carbocycles. The SMILES string of the molecule is CCC(CCC(OS(C)(=O)=O)c1ccccc1)OS(C)(=O)=O. The normalized spacial score (nSPS) is 15.4. The molecule has 126 valence electrons. The fraction of sp³-hybridized carbons (Fsp3) is 0.571. The Morgan fingerprint density at radius 3 is 1.91 bits per heavy atom. The second-order valence-electron chi connectivity index (χ2n) is 5.11. The van der Waals surface area contributed by atoms with Crippen LogP contribution in [0.25, 0.3) is 0 Å². The van der Waals surface area contributed by atoms with Crippen molar-refractivity contribution in [1.29, 1.82) is 0 Å². The average Bonchev–Trinajstić information content (AvgIpc) is 2.40. The van der Waals surface area contributed by atoms with Crippen molar-refractivity contribution in [1.82, 2.24) is 0 Å². The van der Waals surface area contributed by atoms with E-state index in [1.54, 1.807) is 24.3 Å². The topological polar surface area (TPSA) is 86.7 Å². The van der Waals surface area contributed by atoms with Gasteiger partial charge in [0.1, 0.15) is 6.10 Å². The smallest absolute Gasteiger partial charge is 0.264 e. The molecule has 0 aliphatic heterocycles. The number of benzene rings is 1. The highest BCUT2D eigenvalue weighted by Crippen LogP contribution is 2.26. The standard InChI is InChI=1S/C14H22O6S2/c1-4-13(19-21(2,15)16)10-11-14(20-22(3,17)18)12-8-6-5-7-9-12/h5-9,13-14H,4,10-11H2,1-3H3. The van der Waals surface area contributed by atoms with Crippen molar-refractivity contribution in [3.63, 3.8) is 0 Å². The van der Waals surface area contributed by atoms with E-state index in [1.807, 2.05) is 13.0 Å². The van der Waals surface area contributed by atoms with Gasteiger partial charge in [-0.15, -0.1) is 0 Å². The molecule has 0 aromatic heterocycles. The van der Waals surface area contributed by atoms with Gasteiger partial charge in [-0.2, -0.15) is 16.8 Å². The summed E-state index contributed by atoms with van der Waals surface area (Å²) in [4.78, 5) is 0. The molecular formula is C14H22O6S2. The van der Waals surface area contributed by atoms with Gasteiger partial charge in [0.05, 0.1) is 18.6 Å². The molecular weight excluding hydrogens is 328 g/mol. The molecule has 1 rings (SSSR count). The zero-order valence-corrected chi connectivity index (χ0v) is 14.6. The lowest BCUT2D eigenvalue weighted by Gasteiger charge is -2.20. The third-order valence-corrected chi connectivity index (χ3v) is 4.18. The first-order chi connectivity index (χ1) is 10.1. The minimum atomic E-state index is -3.62. The summed E-state index contributed by atoms with van der Waals surface area (Å²) in [6.07, 6.45) is 2.06. The summed E-state index contributed by atoms with van der Waals surface area (Å²) in [6.45, 7) is 1.81. The van der Waals surface area contributed by atoms with Crippen LogP contribution >= 0.6 is 0 Å². The molecule has 0 fully saturated rings. The maximum absolute atomic E-state index is 11.4. The molecule has 2 atom stereocenters. The highest BCUT2D eigenvalue weighted by atomic mass is 32.2. The van der Waals surface area contributed by atoms with Gasteiger partial charge in [0.15, 0.2) is 0 Å². The summed E-state index contributed by atoms with van der Waals surface area (Å²) in [5.41, 5.74) is 0.724. The first-order valence-electron chi connectivity index (χ1n) is 6.92. The van der Waals surface area contributed by atoms with Crippen LogP contribution in [0, 0.1) is 0 Å². The highest BCUT2D eigenvalue weighted by Gasteiger charge is 2.21. The van der Waals surface area contributed by atoms with Crippen LogP contribution in [0.4, 0.5) is 0 Å². The van der Waals surface area contributed by atoms with Crippen LogP contribution in [0.15, 0.2) is 30.3 Å². The van der Waals surface area contributed by atoms with Gasteiger partial charge in [-0.3, -0.25) is 8.37 Å². The Labute approximate surface area is 132 Å². The van der Waals surface area contributed by atoms with E-state index >= 15 is 0 Å². The predicted molar refractivity (Wildman–Crippen MR) is 84.4 cm³/mol. The Bertz CT molecular complexity index is 652. The largest absolute Gasteiger partial charge is 0.267 e. The Balaban J connectivity index is 2.81. The van der Waals surface area contributed by atoms with Crippen molar-refractivity contribution in [2.45, 2.75) is 38.4 Å². The van der Waals surface area contributed by atoms with E-state index in [9.17, 15) is 16.8 Å². The molecule has 8 heteroatoms. The minimum Gasteiger partial charge on any atom is -0.267 e. The first-order valence-corrected chi connectivity index (χ1v) is 10.6. The molecule has 22 heavy (non-hydrogen) atoms. The molecule has 1 aromatic rings. The Kier molecular flexibility index (Phi) is 6.98. The molecule has 2 unspecified atom stereocenters. The summed E-state index contributed by atoms with van der Waals surface area (Å²) in [6, 6.07) is 8.95. The summed E-state index contributed by atoms with van der Waals surface area (Å²) in [5, 5.41) is 0. The molecule has 0 bridgehead atoms. The lowest BCUT2D eigenvalue weighted by Crippen LogP contribution is -2.19. The molecule has 0 spiro atoms. The van der Waals surface area contributed by atoms with Crippen LogP contribution in [-0.4, -0.2) is 35.5 Å². The maximum Gasteiger partial charge on any atom is 0.264 e. The number of hydrogen-bond donors (Lipinski definition) is 0. The minimum absolute atomic E-state index is 0.338. The summed E-state index contributed by atoms with van der Waals surface area (Å²) in [7, 11) is -7.16. The van der Waals surface area contributed by atoms with Crippen molar-refractivity contribution in [3.8, 4) is 0 Å². The Morgan fingerprint density at radius 1 is 0.909 bits per heavy atom. The molecule has 1 aromatic carbocycles. The van der Waals surface area contributed by atoms with Crippen molar-refractivity contribution < 1.29 is 25.2 Å². The van der Waals surface area contributed by atoms with Crippen molar-refractivity contribution in [2.24, 2.45) is 0 Å². The molecule has 0 N–H and O–H groups in total. The van der Waals surface area contributed by atoms with E-state index < -0.39 is 32.4 Å². The van der Waals surface area contributed by atoms with Crippen LogP contribution in [0.5, 0.6) is 0 Å². The first kappa shape index (κ1) is 19.1. The van der Waals surface area contributed by atoms with Crippen molar-refractivity contribution in [2.75, 3.05) is 12.5 Å². The Hall–Kier alpha value is -0.960. The van der Waals surface area contributed by atoms with E-state index in [-0.39, 0.29) is 0 Å². The molecule has 0 saturated carbocycles. The van der Waals surface area contributed by atoms with E-state index in [1.165, 1.54) is 0 Å². The van der Waals surface area contributed by atoms with Gasteiger partial charge in [-0.05, 0) is 24.8 Å².